The summed E-state index contributed by atoms with van der Waals surface area (Å²) in [4.78, 5) is 17.2. The van der Waals surface area contributed by atoms with Gasteiger partial charge in [-0.15, -0.1) is 11.3 Å². The molecule has 1 fully saturated rings. The zero-order valence-electron chi connectivity index (χ0n) is 16.6. The van der Waals surface area contributed by atoms with Gasteiger partial charge in [0.15, 0.2) is 0 Å². The van der Waals surface area contributed by atoms with E-state index < -0.39 is 10.0 Å². The van der Waals surface area contributed by atoms with Crippen molar-refractivity contribution in [2.24, 2.45) is 5.92 Å². The molecule has 1 aromatic heterocycles. The van der Waals surface area contributed by atoms with Gasteiger partial charge < -0.3 is 5.32 Å². The number of thiazole rings is 1. The van der Waals surface area contributed by atoms with E-state index in [9.17, 15) is 13.2 Å². The summed E-state index contributed by atoms with van der Waals surface area (Å²) in [5.41, 5.74) is 2.67. The Labute approximate surface area is 171 Å². The smallest absolute Gasteiger partial charge is 0.243 e. The number of piperidine rings is 1. The molecule has 8 heteroatoms. The first kappa shape index (κ1) is 21.0. The molecule has 0 spiro atoms. The number of rotatable bonds is 6. The van der Waals surface area contributed by atoms with E-state index in [1.165, 1.54) is 4.31 Å². The van der Waals surface area contributed by atoms with Gasteiger partial charge in [0.1, 0.15) is 0 Å². The average Bonchev–Trinajstić information content (AvgIpc) is 3.08. The summed E-state index contributed by atoms with van der Waals surface area (Å²) >= 11 is 1.61. The summed E-state index contributed by atoms with van der Waals surface area (Å²) in [6.07, 6.45) is 1.81. The minimum atomic E-state index is -3.52. The predicted octanol–water partition coefficient (Wildman–Crippen LogP) is 2.83. The highest BCUT2D eigenvalue weighted by Crippen LogP contribution is 2.26. The van der Waals surface area contributed by atoms with Gasteiger partial charge in [-0.1, -0.05) is 12.1 Å². The molecule has 1 N–H and O–H groups in total. The second-order valence-corrected chi connectivity index (χ2v) is 10.3. The van der Waals surface area contributed by atoms with E-state index in [0.717, 1.165) is 28.2 Å². The van der Waals surface area contributed by atoms with Crippen molar-refractivity contribution in [1.29, 1.82) is 0 Å². The number of sulfonamides is 1. The Bertz CT molecular complexity index is 945. The maximum atomic E-state index is 13.0. The molecule has 1 aliphatic rings. The van der Waals surface area contributed by atoms with E-state index >= 15 is 0 Å². The minimum Gasteiger partial charge on any atom is -0.355 e. The van der Waals surface area contributed by atoms with Crippen LogP contribution in [0.3, 0.4) is 0 Å². The standard InChI is InChI=1S/C20H27N3O3S2/c1-14-4-5-15(2)19(12-14)28(25,26)23-10-7-17(8-11-23)20(24)21-9-6-18-13-27-16(3)22-18/h4-5,12-13,17H,6-11H2,1-3H3,(H,21,24). The maximum Gasteiger partial charge on any atom is 0.243 e. The van der Waals surface area contributed by atoms with Gasteiger partial charge in [-0.3, -0.25) is 4.79 Å². The van der Waals surface area contributed by atoms with Crippen LogP contribution in [0.25, 0.3) is 0 Å². The van der Waals surface area contributed by atoms with E-state index in [0.29, 0.717) is 37.4 Å². The Balaban J connectivity index is 1.53. The van der Waals surface area contributed by atoms with Crippen LogP contribution in [0, 0.1) is 26.7 Å². The maximum absolute atomic E-state index is 13.0. The molecule has 1 aliphatic heterocycles. The van der Waals surface area contributed by atoms with Gasteiger partial charge in [0, 0.05) is 37.4 Å². The largest absolute Gasteiger partial charge is 0.355 e. The summed E-state index contributed by atoms with van der Waals surface area (Å²) in [6.45, 7) is 6.98. The molecule has 0 bridgehead atoms. The van der Waals surface area contributed by atoms with E-state index in [1.807, 2.05) is 38.3 Å². The van der Waals surface area contributed by atoms with Gasteiger partial charge in [-0.25, -0.2) is 13.4 Å². The Morgan fingerprint density at radius 3 is 2.61 bits per heavy atom. The van der Waals surface area contributed by atoms with Crippen LogP contribution in [0.1, 0.15) is 34.7 Å². The fourth-order valence-electron chi connectivity index (χ4n) is 3.46. The number of nitrogens with zero attached hydrogens (tertiary/aromatic N) is 2. The molecular formula is C20H27N3O3S2. The van der Waals surface area contributed by atoms with E-state index in [2.05, 4.69) is 10.3 Å². The third-order valence-corrected chi connectivity index (χ3v) is 8.00. The molecule has 1 saturated heterocycles. The Hall–Kier alpha value is -1.77. The Morgan fingerprint density at radius 2 is 1.96 bits per heavy atom. The van der Waals surface area contributed by atoms with Crippen LogP contribution in [-0.4, -0.2) is 43.2 Å². The van der Waals surface area contributed by atoms with Gasteiger partial charge in [0.25, 0.3) is 0 Å². The SMILES string of the molecule is Cc1ccc(C)c(S(=O)(=O)N2CCC(C(=O)NCCc3csc(C)n3)CC2)c1. The molecule has 152 valence electrons. The summed E-state index contributed by atoms with van der Waals surface area (Å²) < 4.78 is 27.5. The van der Waals surface area contributed by atoms with Crippen LogP contribution in [0.15, 0.2) is 28.5 Å². The number of carbonyl (C=O) groups is 1. The number of hydrogen-bond donors (Lipinski definition) is 1. The number of aryl methyl sites for hydroxylation is 3. The van der Waals surface area contributed by atoms with Crippen molar-refractivity contribution in [1.82, 2.24) is 14.6 Å². The third-order valence-electron chi connectivity index (χ3n) is 5.13. The van der Waals surface area contributed by atoms with Crippen molar-refractivity contribution in [3.8, 4) is 0 Å². The van der Waals surface area contributed by atoms with Gasteiger partial charge >= 0.3 is 0 Å². The Morgan fingerprint density at radius 1 is 1.25 bits per heavy atom. The quantitative estimate of drug-likeness (QED) is 0.778. The average molecular weight is 422 g/mol. The van der Waals surface area contributed by atoms with E-state index in [4.69, 9.17) is 0 Å². The van der Waals surface area contributed by atoms with Crippen molar-refractivity contribution in [3.63, 3.8) is 0 Å². The first-order chi connectivity index (χ1) is 13.3. The molecule has 1 amide bonds. The summed E-state index contributed by atoms with van der Waals surface area (Å²) in [6, 6.07) is 5.48. The lowest BCUT2D eigenvalue weighted by Crippen LogP contribution is -2.43. The van der Waals surface area contributed by atoms with Gasteiger partial charge in [0.2, 0.25) is 15.9 Å². The summed E-state index contributed by atoms with van der Waals surface area (Å²) in [7, 11) is -3.52. The molecule has 28 heavy (non-hydrogen) atoms. The lowest BCUT2D eigenvalue weighted by atomic mass is 9.97. The zero-order chi connectivity index (χ0) is 20.3. The second kappa shape index (κ2) is 8.71. The molecule has 0 atom stereocenters. The summed E-state index contributed by atoms with van der Waals surface area (Å²) in [5, 5.41) is 6.01. The van der Waals surface area contributed by atoms with Gasteiger partial charge in [-0.2, -0.15) is 4.31 Å². The van der Waals surface area contributed by atoms with Crippen molar-refractivity contribution in [2.45, 2.75) is 44.9 Å². The van der Waals surface area contributed by atoms with Crippen molar-refractivity contribution in [3.05, 3.63) is 45.4 Å². The minimum absolute atomic E-state index is 0.00994. The van der Waals surface area contributed by atoms with Crippen LogP contribution in [-0.2, 0) is 21.2 Å². The highest BCUT2D eigenvalue weighted by Gasteiger charge is 2.32. The number of nitrogens with one attached hydrogen (secondary N) is 1. The fraction of sp³-hybridized carbons (Fsp3) is 0.500. The summed E-state index contributed by atoms with van der Waals surface area (Å²) in [5.74, 6) is -0.127. The number of benzene rings is 1. The molecule has 0 aliphatic carbocycles. The molecule has 6 nitrogen and oxygen atoms in total. The number of aromatic nitrogens is 1. The van der Waals surface area contributed by atoms with Gasteiger partial charge in [-0.05, 0) is 50.8 Å². The molecule has 0 saturated carbocycles. The van der Waals surface area contributed by atoms with Crippen LogP contribution in [0.4, 0.5) is 0 Å². The molecule has 2 aromatic rings. The normalized spacial score (nSPS) is 16.2. The first-order valence-electron chi connectivity index (χ1n) is 9.53. The van der Waals surface area contributed by atoms with Crippen molar-refractivity contribution >= 4 is 27.3 Å². The molecular weight excluding hydrogens is 394 g/mol. The second-order valence-electron chi connectivity index (χ2n) is 7.35. The zero-order valence-corrected chi connectivity index (χ0v) is 18.2. The van der Waals surface area contributed by atoms with Gasteiger partial charge in [0.05, 0.1) is 15.6 Å². The Kier molecular flexibility index (Phi) is 6.52. The van der Waals surface area contributed by atoms with E-state index in [-0.39, 0.29) is 11.8 Å². The first-order valence-corrected chi connectivity index (χ1v) is 11.9. The molecule has 1 aromatic carbocycles. The van der Waals surface area contributed by atoms with Crippen LogP contribution >= 0.6 is 11.3 Å². The predicted molar refractivity (Wildman–Crippen MR) is 111 cm³/mol. The molecule has 0 radical (unpaired) electrons. The lowest BCUT2D eigenvalue weighted by molar-refractivity contribution is -0.126. The molecule has 3 rings (SSSR count). The number of carbonyl (C=O) groups excluding carboxylic acids is 1. The monoisotopic (exact) mass is 421 g/mol. The number of amides is 1. The van der Waals surface area contributed by atoms with E-state index in [1.54, 1.807) is 17.4 Å². The highest BCUT2D eigenvalue weighted by atomic mass is 32.2. The third kappa shape index (κ3) is 4.79. The highest BCUT2D eigenvalue weighted by molar-refractivity contribution is 7.89. The van der Waals surface area contributed by atoms with Crippen molar-refractivity contribution < 1.29 is 13.2 Å². The molecule has 0 unspecified atom stereocenters. The fourth-order valence-corrected chi connectivity index (χ4v) is 5.89. The number of hydrogen-bond acceptors (Lipinski definition) is 5. The van der Waals surface area contributed by atoms with Crippen LogP contribution in [0.2, 0.25) is 0 Å². The molecule has 2 heterocycles. The van der Waals surface area contributed by atoms with Crippen molar-refractivity contribution in [2.75, 3.05) is 19.6 Å². The topological polar surface area (TPSA) is 79.4 Å². The van der Waals surface area contributed by atoms with Crippen LogP contribution in [0.5, 0.6) is 0 Å². The van der Waals surface area contributed by atoms with Crippen LogP contribution < -0.4 is 5.32 Å². The lowest BCUT2D eigenvalue weighted by Gasteiger charge is -2.31.